The summed E-state index contributed by atoms with van der Waals surface area (Å²) in [5, 5.41) is 31.5. The summed E-state index contributed by atoms with van der Waals surface area (Å²) < 4.78 is 28.5. The van der Waals surface area contributed by atoms with Gasteiger partial charge in [0.1, 0.15) is 18.8 Å². The molecular weight excluding hydrogens is 973 g/mol. The molecule has 0 aromatic rings. The van der Waals surface area contributed by atoms with Crippen LogP contribution in [0.3, 0.4) is 0 Å². The number of allylic oxidation sites excluding steroid dienone is 2. The third kappa shape index (κ3) is 43.9. The van der Waals surface area contributed by atoms with Gasteiger partial charge in [0.15, 0.2) is 24.6 Å². The zero-order valence-corrected chi connectivity index (χ0v) is 50.0. The molecule has 3 N–H and O–H groups in total. The summed E-state index contributed by atoms with van der Waals surface area (Å²) in [6, 6.07) is 0. The quantitative estimate of drug-likeness (QED) is 0.0228. The number of hydrogen-bond acceptors (Lipinski definition) is 11. The van der Waals surface area contributed by atoms with Crippen molar-refractivity contribution in [3.05, 3.63) is 12.2 Å². The SMILES string of the molecule is CCCCCCCC/C=C\CCCCCCCCCCCC(=O)OCC(COC1OC(C(=O)O)C(O)C(O)C1OC(=O)CCCCCCCCCCCCCCCCC)OC(=O)CCCCCCCCCCCCCCC. The Morgan fingerprint density at radius 1 is 0.416 bits per heavy atom. The number of aliphatic hydroxyl groups is 2. The minimum Gasteiger partial charge on any atom is -0.479 e. The Kier molecular flexibility index (Phi) is 50.9. The number of carbonyl (C=O) groups is 4. The molecular formula is C65H120O12. The van der Waals surface area contributed by atoms with Crippen LogP contribution >= 0.6 is 0 Å². The molecule has 1 rings (SSSR count). The average molecular weight is 1090 g/mol. The highest BCUT2D eigenvalue weighted by atomic mass is 16.7. The van der Waals surface area contributed by atoms with Crippen molar-refractivity contribution in [1.82, 2.24) is 0 Å². The maximum Gasteiger partial charge on any atom is 0.335 e. The highest BCUT2D eigenvalue weighted by Gasteiger charge is 2.50. The van der Waals surface area contributed by atoms with E-state index >= 15 is 0 Å². The maximum absolute atomic E-state index is 13.2. The van der Waals surface area contributed by atoms with Gasteiger partial charge in [-0.3, -0.25) is 14.4 Å². The van der Waals surface area contributed by atoms with Crippen molar-refractivity contribution >= 4 is 23.9 Å². The van der Waals surface area contributed by atoms with Crippen LogP contribution < -0.4 is 0 Å². The van der Waals surface area contributed by atoms with Crippen LogP contribution in [0.4, 0.5) is 0 Å². The van der Waals surface area contributed by atoms with Gasteiger partial charge < -0.3 is 39.0 Å². The van der Waals surface area contributed by atoms with Gasteiger partial charge in [0.05, 0.1) is 6.61 Å². The number of aliphatic carboxylic acids is 1. The second kappa shape index (κ2) is 54.1. The van der Waals surface area contributed by atoms with E-state index in [1.54, 1.807) is 0 Å². The number of aliphatic hydroxyl groups excluding tert-OH is 2. The number of unbranched alkanes of at least 4 members (excludes halogenated alkanes) is 41. The van der Waals surface area contributed by atoms with Crippen LogP contribution in [-0.4, -0.2) is 89.2 Å². The van der Waals surface area contributed by atoms with Gasteiger partial charge >= 0.3 is 23.9 Å². The fraction of sp³-hybridized carbons (Fsp3) is 0.908. The second-order valence-electron chi connectivity index (χ2n) is 22.8. The van der Waals surface area contributed by atoms with Crippen LogP contribution in [0.15, 0.2) is 12.2 Å². The molecule has 12 nitrogen and oxygen atoms in total. The number of esters is 3. The van der Waals surface area contributed by atoms with Crippen molar-refractivity contribution in [2.24, 2.45) is 0 Å². The van der Waals surface area contributed by atoms with Crippen LogP contribution in [0.1, 0.15) is 329 Å². The molecule has 0 spiro atoms. The molecule has 0 amide bonds. The highest BCUT2D eigenvalue weighted by Crippen LogP contribution is 2.27. The monoisotopic (exact) mass is 1090 g/mol. The topological polar surface area (TPSA) is 175 Å². The van der Waals surface area contributed by atoms with E-state index in [2.05, 4.69) is 32.9 Å². The lowest BCUT2D eigenvalue weighted by Gasteiger charge is -2.40. The number of ether oxygens (including phenoxy) is 5. The summed E-state index contributed by atoms with van der Waals surface area (Å²) in [5.74, 6) is -3.07. The molecule has 0 radical (unpaired) electrons. The Balaban J connectivity index is 2.62. The zero-order valence-electron chi connectivity index (χ0n) is 50.0. The third-order valence-electron chi connectivity index (χ3n) is 15.3. The summed E-state index contributed by atoms with van der Waals surface area (Å²) in [6.07, 6.45) is 48.9. The Morgan fingerprint density at radius 3 is 1.10 bits per heavy atom. The number of carbonyl (C=O) groups excluding carboxylic acids is 3. The first-order chi connectivity index (χ1) is 37.6. The molecule has 0 aromatic carbocycles. The summed E-state index contributed by atoms with van der Waals surface area (Å²) in [5.41, 5.74) is 0. The lowest BCUT2D eigenvalue weighted by molar-refractivity contribution is -0.301. The molecule has 1 fully saturated rings. The molecule has 0 aliphatic carbocycles. The Morgan fingerprint density at radius 2 is 0.740 bits per heavy atom. The van der Waals surface area contributed by atoms with E-state index in [4.69, 9.17) is 23.7 Å². The van der Waals surface area contributed by atoms with Crippen LogP contribution in [0.5, 0.6) is 0 Å². The normalized spacial score (nSPS) is 18.0. The van der Waals surface area contributed by atoms with Gasteiger partial charge in [0.25, 0.3) is 0 Å². The van der Waals surface area contributed by atoms with E-state index in [0.29, 0.717) is 19.3 Å². The molecule has 0 bridgehead atoms. The van der Waals surface area contributed by atoms with Gasteiger partial charge in [-0.25, -0.2) is 4.79 Å². The van der Waals surface area contributed by atoms with Crippen molar-refractivity contribution in [3.8, 4) is 0 Å². The maximum atomic E-state index is 13.2. The van der Waals surface area contributed by atoms with Gasteiger partial charge in [-0.1, -0.05) is 277 Å². The standard InChI is InChI=1S/C65H120O12/c1-4-7-10-13-16-19-22-25-27-28-29-30-32-34-36-39-42-45-48-51-57(66)73-54-56(75-58(67)52-49-46-43-40-37-33-24-21-18-15-12-9-6-3)55-74-65-63(61(70)60(69)62(77-65)64(71)72)76-59(68)53-50-47-44-41-38-35-31-26-23-20-17-14-11-8-5-2/h25,27,56,60-63,65,69-70H,4-24,26,28-55H2,1-3H3,(H,71,72)/b27-25-. The lowest BCUT2D eigenvalue weighted by Crippen LogP contribution is -2.61. The van der Waals surface area contributed by atoms with E-state index < -0.39 is 67.3 Å². The van der Waals surface area contributed by atoms with E-state index in [1.165, 1.54) is 212 Å². The third-order valence-corrected chi connectivity index (χ3v) is 15.3. The molecule has 1 heterocycles. The molecule has 6 atom stereocenters. The van der Waals surface area contributed by atoms with Crippen LogP contribution in [0.25, 0.3) is 0 Å². The first kappa shape index (κ1) is 72.5. The number of rotatable bonds is 57. The molecule has 1 aliphatic heterocycles. The van der Waals surface area contributed by atoms with E-state index in [0.717, 1.165) is 57.8 Å². The van der Waals surface area contributed by atoms with Crippen LogP contribution in [0.2, 0.25) is 0 Å². The van der Waals surface area contributed by atoms with Crippen molar-refractivity contribution in [1.29, 1.82) is 0 Å². The largest absolute Gasteiger partial charge is 0.479 e. The molecule has 1 saturated heterocycles. The van der Waals surface area contributed by atoms with Gasteiger partial charge in [0, 0.05) is 19.3 Å². The molecule has 77 heavy (non-hydrogen) atoms. The Bertz CT molecular complexity index is 1390. The van der Waals surface area contributed by atoms with Gasteiger partial charge in [-0.2, -0.15) is 0 Å². The number of carboxylic acids is 1. The second-order valence-corrected chi connectivity index (χ2v) is 22.8. The van der Waals surface area contributed by atoms with Crippen molar-refractivity contribution in [2.75, 3.05) is 13.2 Å². The first-order valence-corrected chi connectivity index (χ1v) is 32.7. The van der Waals surface area contributed by atoms with Crippen molar-refractivity contribution in [3.63, 3.8) is 0 Å². The molecule has 12 heteroatoms. The predicted octanol–water partition coefficient (Wildman–Crippen LogP) is 17.2. The fourth-order valence-electron chi connectivity index (χ4n) is 10.3. The van der Waals surface area contributed by atoms with Gasteiger partial charge in [-0.15, -0.1) is 0 Å². The predicted molar refractivity (Wildman–Crippen MR) is 313 cm³/mol. The zero-order chi connectivity index (χ0) is 56.1. The van der Waals surface area contributed by atoms with E-state index in [9.17, 15) is 34.5 Å². The molecule has 0 aromatic heterocycles. The van der Waals surface area contributed by atoms with Crippen LogP contribution in [0, 0.1) is 0 Å². The van der Waals surface area contributed by atoms with Crippen LogP contribution in [-0.2, 0) is 42.9 Å². The number of carboxylic acid groups (broad SMARTS) is 1. The minimum absolute atomic E-state index is 0.0692. The molecule has 452 valence electrons. The summed E-state index contributed by atoms with van der Waals surface area (Å²) in [7, 11) is 0. The van der Waals surface area contributed by atoms with Gasteiger partial charge in [-0.05, 0) is 44.9 Å². The Labute approximate surface area is 471 Å². The average Bonchev–Trinajstić information content (AvgIpc) is 3.42. The van der Waals surface area contributed by atoms with Crippen molar-refractivity contribution in [2.45, 2.75) is 366 Å². The summed E-state index contributed by atoms with van der Waals surface area (Å²) >= 11 is 0. The smallest absolute Gasteiger partial charge is 0.335 e. The van der Waals surface area contributed by atoms with Gasteiger partial charge in [0.2, 0.25) is 0 Å². The van der Waals surface area contributed by atoms with E-state index in [1.807, 2.05) is 0 Å². The summed E-state index contributed by atoms with van der Waals surface area (Å²) in [6.45, 7) is 6.04. The van der Waals surface area contributed by atoms with E-state index in [-0.39, 0.29) is 25.9 Å². The minimum atomic E-state index is -1.90. The highest BCUT2D eigenvalue weighted by molar-refractivity contribution is 5.74. The Hall–Kier alpha value is -2.54. The lowest BCUT2D eigenvalue weighted by atomic mass is 9.98. The number of hydrogen-bond donors (Lipinski definition) is 3. The fourth-order valence-corrected chi connectivity index (χ4v) is 10.3. The molecule has 6 unspecified atom stereocenters. The first-order valence-electron chi connectivity index (χ1n) is 32.7. The van der Waals surface area contributed by atoms with Crippen molar-refractivity contribution < 1.29 is 58.2 Å². The molecule has 0 saturated carbocycles. The molecule has 1 aliphatic rings. The summed E-state index contributed by atoms with van der Waals surface area (Å²) in [4.78, 5) is 51.3.